The van der Waals surface area contributed by atoms with Gasteiger partial charge in [-0.1, -0.05) is 19.3 Å². The van der Waals surface area contributed by atoms with Crippen molar-refractivity contribution in [2.75, 3.05) is 32.6 Å². The monoisotopic (exact) mass is 262 g/mol. The van der Waals surface area contributed by atoms with Gasteiger partial charge in [0.15, 0.2) is 0 Å². The number of anilines is 1. The van der Waals surface area contributed by atoms with Crippen molar-refractivity contribution in [1.82, 2.24) is 4.90 Å². The Balaban J connectivity index is 1.69. The van der Waals surface area contributed by atoms with Crippen LogP contribution < -0.4 is 10.1 Å². The lowest BCUT2D eigenvalue weighted by Gasteiger charge is -2.31. The molecule has 1 aliphatic carbocycles. The molecular weight excluding hydrogens is 236 g/mol. The zero-order valence-corrected chi connectivity index (χ0v) is 12.2. The predicted octanol–water partition coefficient (Wildman–Crippen LogP) is 3.37. The SMILES string of the molecule is COc1ccc(NCCN(C)C2CCCCC2)cc1. The third-order valence-electron chi connectivity index (χ3n) is 4.08. The highest BCUT2D eigenvalue weighted by atomic mass is 16.5. The Hall–Kier alpha value is -1.22. The molecule has 0 saturated heterocycles. The van der Waals surface area contributed by atoms with E-state index in [9.17, 15) is 0 Å². The first-order valence-corrected chi connectivity index (χ1v) is 7.38. The van der Waals surface area contributed by atoms with E-state index in [1.54, 1.807) is 7.11 Å². The Kier molecular flexibility index (Phi) is 5.52. The van der Waals surface area contributed by atoms with Gasteiger partial charge in [0.2, 0.25) is 0 Å². The molecule has 0 unspecified atom stereocenters. The smallest absolute Gasteiger partial charge is 0.119 e. The molecule has 0 amide bonds. The van der Waals surface area contributed by atoms with Gasteiger partial charge in [0, 0.05) is 24.8 Å². The van der Waals surface area contributed by atoms with E-state index < -0.39 is 0 Å². The molecule has 0 heterocycles. The molecule has 1 aromatic rings. The number of methoxy groups -OCH3 is 1. The predicted molar refractivity (Wildman–Crippen MR) is 81.0 cm³/mol. The highest BCUT2D eigenvalue weighted by molar-refractivity contribution is 5.46. The Labute approximate surface area is 116 Å². The average molecular weight is 262 g/mol. The Bertz CT molecular complexity index is 358. The van der Waals surface area contributed by atoms with Crippen LogP contribution in [0, 0.1) is 0 Å². The van der Waals surface area contributed by atoms with Crippen LogP contribution in [-0.2, 0) is 0 Å². The second-order valence-electron chi connectivity index (χ2n) is 5.43. The molecule has 106 valence electrons. The van der Waals surface area contributed by atoms with Crippen molar-refractivity contribution in [2.24, 2.45) is 0 Å². The second kappa shape index (κ2) is 7.39. The number of likely N-dealkylation sites (N-methyl/N-ethyl adjacent to an activating group) is 1. The molecule has 1 saturated carbocycles. The summed E-state index contributed by atoms with van der Waals surface area (Å²) in [4.78, 5) is 2.51. The molecule has 3 heteroatoms. The minimum Gasteiger partial charge on any atom is -0.497 e. The minimum atomic E-state index is 0.798. The van der Waals surface area contributed by atoms with Crippen LogP contribution in [0.15, 0.2) is 24.3 Å². The summed E-state index contributed by atoms with van der Waals surface area (Å²) in [7, 11) is 3.95. The van der Waals surface area contributed by atoms with Crippen LogP contribution in [0.1, 0.15) is 32.1 Å². The number of ether oxygens (including phenoxy) is 1. The highest BCUT2D eigenvalue weighted by Crippen LogP contribution is 2.21. The molecule has 1 N–H and O–H groups in total. The van der Waals surface area contributed by atoms with Gasteiger partial charge in [-0.15, -0.1) is 0 Å². The minimum absolute atomic E-state index is 0.798. The quantitative estimate of drug-likeness (QED) is 0.850. The maximum atomic E-state index is 5.16. The van der Waals surface area contributed by atoms with E-state index in [4.69, 9.17) is 4.74 Å². The Morgan fingerprint density at radius 2 is 1.84 bits per heavy atom. The summed E-state index contributed by atoms with van der Waals surface area (Å²) in [5.74, 6) is 0.907. The summed E-state index contributed by atoms with van der Waals surface area (Å²) in [5, 5.41) is 3.47. The van der Waals surface area contributed by atoms with Gasteiger partial charge in [-0.3, -0.25) is 0 Å². The first-order chi connectivity index (χ1) is 9.29. The largest absolute Gasteiger partial charge is 0.497 e. The number of nitrogens with zero attached hydrogens (tertiary/aromatic N) is 1. The number of nitrogens with one attached hydrogen (secondary N) is 1. The van der Waals surface area contributed by atoms with Crippen LogP contribution in [0.5, 0.6) is 5.75 Å². The molecular formula is C16H26N2O. The zero-order valence-electron chi connectivity index (χ0n) is 12.2. The Morgan fingerprint density at radius 3 is 2.47 bits per heavy atom. The van der Waals surface area contributed by atoms with Crippen molar-refractivity contribution in [1.29, 1.82) is 0 Å². The van der Waals surface area contributed by atoms with Crippen molar-refractivity contribution < 1.29 is 4.74 Å². The summed E-state index contributed by atoms with van der Waals surface area (Å²) in [5.41, 5.74) is 1.16. The van der Waals surface area contributed by atoms with Gasteiger partial charge < -0.3 is 15.0 Å². The van der Waals surface area contributed by atoms with E-state index in [0.29, 0.717) is 0 Å². The molecule has 0 atom stereocenters. The first kappa shape index (κ1) is 14.2. The van der Waals surface area contributed by atoms with E-state index in [2.05, 4.69) is 29.4 Å². The van der Waals surface area contributed by atoms with Crippen molar-refractivity contribution in [3.05, 3.63) is 24.3 Å². The van der Waals surface area contributed by atoms with Gasteiger partial charge in [0.1, 0.15) is 5.75 Å². The van der Waals surface area contributed by atoms with E-state index in [0.717, 1.165) is 30.6 Å². The summed E-state index contributed by atoms with van der Waals surface area (Å²) >= 11 is 0. The normalized spacial score (nSPS) is 16.6. The fourth-order valence-corrected chi connectivity index (χ4v) is 2.79. The number of hydrogen-bond donors (Lipinski definition) is 1. The highest BCUT2D eigenvalue weighted by Gasteiger charge is 2.17. The van der Waals surface area contributed by atoms with Gasteiger partial charge in [-0.2, -0.15) is 0 Å². The molecule has 0 aromatic heterocycles. The van der Waals surface area contributed by atoms with Gasteiger partial charge in [-0.25, -0.2) is 0 Å². The lowest BCUT2D eigenvalue weighted by atomic mass is 9.94. The van der Waals surface area contributed by atoms with Crippen LogP contribution in [-0.4, -0.2) is 38.2 Å². The molecule has 3 nitrogen and oxygen atoms in total. The van der Waals surface area contributed by atoms with Crippen molar-refractivity contribution in [2.45, 2.75) is 38.1 Å². The third kappa shape index (κ3) is 4.43. The lowest BCUT2D eigenvalue weighted by Crippen LogP contribution is -2.36. The second-order valence-corrected chi connectivity index (χ2v) is 5.43. The topological polar surface area (TPSA) is 24.5 Å². The lowest BCUT2D eigenvalue weighted by molar-refractivity contribution is 0.198. The molecule has 0 aliphatic heterocycles. The van der Waals surface area contributed by atoms with E-state index >= 15 is 0 Å². The molecule has 1 aliphatic rings. The summed E-state index contributed by atoms with van der Waals surface area (Å²) in [6.07, 6.45) is 6.98. The van der Waals surface area contributed by atoms with Crippen molar-refractivity contribution >= 4 is 5.69 Å². The maximum absolute atomic E-state index is 5.16. The van der Waals surface area contributed by atoms with Crippen LogP contribution in [0.4, 0.5) is 5.69 Å². The van der Waals surface area contributed by atoms with E-state index in [1.807, 2.05) is 12.1 Å². The Morgan fingerprint density at radius 1 is 1.16 bits per heavy atom. The van der Waals surface area contributed by atoms with Crippen LogP contribution >= 0.6 is 0 Å². The molecule has 0 radical (unpaired) electrons. The third-order valence-corrected chi connectivity index (χ3v) is 4.08. The van der Waals surface area contributed by atoms with E-state index in [1.165, 1.54) is 32.1 Å². The number of hydrogen-bond acceptors (Lipinski definition) is 3. The fraction of sp³-hybridized carbons (Fsp3) is 0.625. The van der Waals surface area contributed by atoms with Crippen LogP contribution in [0.25, 0.3) is 0 Å². The number of rotatable bonds is 6. The van der Waals surface area contributed by atoms with Gasteiger partial charge in [0.05, 0.1) is 7.11 Å². The average Bonchev–Trinajstić information content (AvgIpc) is 2.49. The molecule has 19 heavy (non-hydrogen) atoms. The van der Waals surface area contributed by atoms with Crippen molar-refractivity contribution in [3.8, 4) is 5.75 Å². The van der Waals surface area contributed by atoms with Crippen LogP contribution in [0.3, 0.4) is 0 Å². The molecule has 1 aromatic carbocycles. The molecule has 1 fully saturated rings. The fourth-order valence-electron chi connectivity index (χ4n) is 2.79. The first-order valence-electron chi connectivity index (χ1n) is 7.38. The van der Waals surface area contributed by atoms with E-state index in [-0.39, 0.29) is 0 Å². The van der Waals surface area contributed by atoms with Crippen molar-refractivity contribution in [3.63, 3.8) is 0 Å². The molecule has 0 spiro atoms. The zero-order chi connectivity index (χ0) is 13.5. The van der Waals surface area contributed by atoms with Gasteiger partial charge in [-0.05, 0) is 44.2 Å². The summed E-state index contributed by atoms with van der Waals surface area (Å²) in [6.45, 7) is 2.11. The maximum Gasteiger partial charge on any atom is 0.119 e. The number of benzene rings is 1. The summed E-state index contributed by atoms with van der Waals surface area (Å²) < 4.78 is 5.16. The summed E-state index contributed by atoms with van der Waals surface area (Å²) in [6, 6.07) is 8.92. The molecule has 0 bridgehead atoms. The van der Waals surface area contributed by atoms with Crippen LogP contribution in [0.2, 0.25) is 0 Å². The van der Waals surface area contributed by atoms with Gasteiger partial charge in [0.25, 0.3) is 0 Å². The van der Waals surface area contributed by atoms with Gasteiger partial charge >= 0.3 is 0 Å². The molecule has 2 rings (SSSR count). The standard InChI is InChI=1S/C16H26N2O/c1-18(15-6-4-3-5-7-15)13-12-17-14-8-10-16(19-2)11-9-14/h8-11,15,17H,3-7,12-13H2,1-2H3.